The van der Waals surface area contributed by atoms with Gasteiger partial charge >= 0.3 is 0 Å². The van der Waals surface area contributed by atoms with Gasteiger partial charge in [-0.1, -0.05) is 60.7 Å². The van der Waals surface area contributed by atoms with Crippen LogP contribution in [-0.2, 0) is 6.61 Å². The second-order valence-electron chi connectivity index (χ2n) is 6.79. The van der Waals surface area contributed by atoms with E-state index in [1.165, 1.54) is 12.1 Å². The molecule has 4 rings (SSSR count). The number of halogens is 1. The number of hydrogen-bond acceptors (Lipinski definition) is 3. The van der Waals surface area contributed by atoms with Crippen molar-refractivity contribution >= 4 is 5.69 Å². The third kappa shape index (κ3) is 4.61. The summed E-state index contributed by atoms with van der Waals surface area (Å²) in [6.45, 7) is 0.410. The maximum atomic E-state index is 13.9. The Labute approximate surface area is 175 Å². The highest BCUT2D eigenvalue weighted by molar-refractivity contribution is 5.84. The molecule has 0 saturated carbocycles. The Morgan fingerprint density at radius 1 is 0.767 bits per heavy atom. The van der Waals surface area contributed by atoms with Crippen LogP contribution in [0.2, 0.25) is 0 Å². The van der Waals surface area contributed by atoms with Crippen LogP contribution in [-0.4, -0.2) is 7.05 Å². The van der Waals surface area contributed by atoms with Gasteiger partial charge in [0.1, 0.15) is 29.7 Å². The summed E-state index contributed by atoms with van der Waals surface area (Å²) in [5, 5.41) is 3.21. The number of anilines is 1. The van der Waals surface area contributed by atoms with Crippen molar-refractivity contribution in [2.75, 3.05) is 12.4 Å². The van der Waals surface area contributed by atoms with E-state index in [4.69, 9.17) is 9.47 Å². The molecule has 4 heteroatoms. The van der Waals surface area contributed by atoms with Crippen molar-refractivity contribution in [3.8, 4) is 28.4 Å². The molecule has 0 fully saturated rings. The van der Waals surface area contributed by atoms with Gasteiger partial charge in [-0.3, -0.25) is 0 Å². The molecule has 4 aromatic carbocycles. The van der Waals surface area contributed by atoms with Crippen molar-refractivity contribution in [1.29, 1.82) is 0 Å². The summed E-state index contributed by atoms with van der Waals surface area (Å²) in [5.74, 6) is 1.67. The van der Waals surface area contributed by atoms with E-state index in [1.807, 2.05) is 85.9 Å². The molecule has 4 aromatic rings. The number of ether oxygens (including phenoxy) is 2. The number of hydrogen-bond donors (Lipinski definition) is 1. The van der Waals surface area contributed by atoms with E-state index >= 15 is 0 Å². The number of nitrogens with one attached hydrogen (secondary N) is 1. The minimum atomic E-state index is -0.296. The zero-order valence-electron chi connectivity index (χ0n) is 16.6. The molecule has 0 bridgehead atoms. The fraction of sp³-hybridized carbons (Fsp3) is 0.0769. The molecule has 0 radical (unpaired) electrons. The van der Waals surface area contributed by atoms with Gasteiger partial charge in [-0.15, -0.1) is 0 Å². The van der Waals surface area contributed by atoms with Crippen LogP contribution in [0.25, 0.3) is 11.1 Å². The molecule has 0 saturated heterocycles. The number of rotatable bonds is 7. The molecule has 0 spiro atoms. The predicted octanol–water partition coefficient (Wildman–Crippen LogP) is 6.91. The first-order valence-corrected chi connectivity index (χ1v) is 9.74. The van der Waals surface area contributed by atoms with Crippen LogP contribution in [0.4, 0.5) is 10.1 Å². The van der Waals surface area contributed by atoms with Crippen molar-refractivity contribution in [2.45, 2.75) is 6.61 Å². The van der Waals surface area contributed by atoms with Crippen LogP contribution in [0, 0.1) is 5.82 Å². The Hall–Kier alpha value is -3.79. The molecule has 0 unspecified atom stereocenters. The van der Waals surface area contributed by atoms with Crippen LogP contribution < -0.4 is 14.8 Å². The second-order valence-corrected chi connectivity index (χ2v) is 6.79. The van der Waals surface area contributed by atoms with Crippen molar-refractivity contribution in [3.05, 3.63) is 108 Å². The highest BCUT2D eigenvalue weighted by Gasteiger charge is 2.15. The van der Waals surface area contributed by atoms with Crippen LogP contribution in [0.1, 0.15) is 5.56 Å². The van der Waals surface area contributed by atoms with E-state index in [9.17, 15) is 4.39 Å². The van der Waals surface area contributed by atoms with Crippen molar-refractivity contribution in [2.24, 2.45) is 0 Å². The zero-order chi connectivity index (χ0) is 20.8. The smallest absolute Gasteiger partial charge is 0.147 e. The molecule has 0 aliphatic carbocycles. The van der Waals surface area contributed by atoms with E-state index in [-0.39, 0.29) is 5.82 Å². The Bertz CT molecular complexity index is 1110. The summed E-state index contributed by atoms with van der Waals surface area (Å²) in [6.07, 6.45) is 0. The maximum absolute atomic E-state index is 13.9. The lowest BCUT2D eigenvalue weighted by Gasteiger charge is -2.18. The van der Waals surface area contributed by atoms with Gasteiger partial charge in [0.05, 0.1) is 5.69 Å². The molecule has 0 amide bonds. The Balaban J connectivity index is 1.76. The molecular formula is C26H22FNO2. The molecule has 30 heavy (non-hydrogen) atoms. The molecule has 0 aliphatic heterocycles. The lowest BCUT2D eigenvalue weighted by Crippen LogP contribution is -2.02. The van der Waals surface area contributed by atoms with Gasteiger partial charge in [0.2, 0.25) is 0 Å². The summed E-state index contributed by atoms with van der Waals surface area (Å²) >= 11 is 0. The lowest BCUT2D eigenvalue weighted by atomic mass is 10.0. The third-order valence-electron chi connectivity index (χ3n) is 4.68. The van der Waals surface area contributed by atoms with E-state index in [0.29, 0.717) is 23.9 Å². The van der Waals surface area contributed by atoms with E-state index < -0.39 is 0 Å². The van der Waals surface area contributed by atoms with Gasteiger partial charge in [-0.25, -0.2) is 4.39 Å². The highest BCUT2D eigenvalue weighted by Crippen LogP contribution is 2.41. The molecular weight excluding hydrogens is 377 g/mol. The van der Waals surface area contributed by atoms with Crippen LogP contribution >= 0.6 is 0 Å². The van der Waals surface area contributed by atoms with Gasteiger partial charge in [-0.05, 0) is 41.5 Å². The van der Waals surface area contributed by atoms with Gasteiger partial charge in [0, 0.05) is 18.7 Å². The lowest BCUT2D eigenvalue weighted by molar-refractivity contribution is 0.306. The predicted molar refractivity (Wildman–Crippen MR) is 119 cm³/mol. The molecule has 0 aromatic heterocycles. The minimum Gasteiger partial charge on any atom is -0.487 e. The molecule has 0 heterocycles. The Kier molecular flexibility index (Phi) is 5.95. The summed E-state index contributed by atoms with van der Waals surface area (Å²) in [6, 6.07) is 29.7. The first kappa shape index (κ1) is 19.5. The summed E-state index contributed by atoms with van der Waals surface area (Å²) < 4.78 is 26.1. The van der Waals surface area contributed by atoms with Gasteiger partial charge in [-0.2, -0.15) is 0 Å². The van der Waals surface area contributed by atoms with E-state index in [0.717, 1.165) is 22.4 Å². The standard InChI is InChI=1S/C26H22FNO2/c1-28-26-24(20-11-8-12-21(27)15-20)16-23(30-22-13-6-3-7-14-22)17-25(26)29-18-19-9-4-2-5-10-19/h2-17,28H,18H2,1H3. The van der Waals surface area contributed by atoms with Crippen LogP contribution in [0.15, 0.2) is 97.1 Å². The van der Waals surface area contributed by atoms with Gasteiger partial charge < -0.3 is 14.8 Å². The molecule has 150 valence electrons. The Morgan fingerprint density at radius 2 is 1.50 bits per heavy atom. The normalized spacial score (nSPS) is 10.5. The topological polar surface area (TPSA) is 30.5 Å². The first-order chi connectivity index (χ1) is 14.7. The van der Waals surface area contributed by atoms with E-state index in [1.54, 1.807) is 6.07 Å². The minimum absolute atomic E-state index is 0.296. The fourth-order valence-corrected chi connectivity index (χ4v) is 3.26. The number of para-hydroxylation sites is 1. The molecule has 0 aliphatic rings. The second kappa shape index (κ2) is 9.14. The van der Waals surface area contributed by atoms with Crippen molar-refractivity contribution < 1.29 is 13.9 Å². The van der Waals surface area contributed by atoms with Gasteiger partial charge in [0.15, 0.2) is 0 Å². The molecule has 3 nitrogen and oxygen atoms in total. The average Bonchev–Trinajstić information content (AvgIpc) is 2.79. The van der Waals surface area contributed by atoms with Crippen molar-refractivity contribution in [1.82, 2.24) is 0 Å². The maximum Gasteiger partial charge on any atom is 0.147 e. The highest BCUT2D eigenvalue weighted by atomic mass is 19.1. The quantitative estimate of drug-likeness (QED) is 0.366. The van der Waals surface area contributed by atoms with E-state index in [2.05, 4.69) is 5.32 Å². The third-order valence-corrected chi connectivity index (χ3v) is 4.68. The molecule has 1 N–H and O–H groups in total. The fourth-order valence-electron chi connectivity index (χ4n) is 3.26. The zero-order valence-corrected chi connectivity index (χ0v) is 16.6. The van der Waals surface area contributed by atoms with Crippen LogP contribution in [0.5, 0.6) is 17.2 Å². The summed E-state index contributed by atoms with van der Waals surface area (Å²) in [7, 11) is 1.82. The van der Waals surface area contributed by atoms with Crippen LogP contribution in [0.3, 0.4) is 0 Å². The van der Waals surface area contributed by atoms with Gasteiger partial charge in [0.25, 0.3) is 0 Å². The first-order valence-electron chi connectivity index (χ1n) is 9.74. The average molecular weight is 399 g/mol. The molecule has 0 atom stereocenters. The SMILES string of the molecule is CNc1c(OCc2ccccc2)cc(Oc2ccccc2)cc1-c1cccc(F)c1. The monoisotopic (exact) mass is 399 g/mol. The summed E-state index contributed by atoms with van der Waals surface area (Å²) in [4.78, 5) is 0. The largest absolute Gasteiger partial charge is 0.487 e. The van der Waals surface area contributed by atoms with Crippen molar-refractivity contribution in [3.63, 3.8) is 0 Å². The Morgan fingerprint density at radius 3 is 2.20 bits per heavy atom. The number of benzene rings is 4. The summed E-state index contributed by atoms with van der Waals surface area (Å²) in [5.41, 5.74) is 3.37.